The van der Waals surface area contributed by atoms with Crippen molar-refractivity contribution in [1.82, 2.24) is 10.2 Å². The summed E-state index contributed by atoms with van der Waals surface area (Å²) in [4.78, 5) is 2.63. The maximum Gasteiger partial charge on any atom is 0.0757 e. The van der Waals surface area contributed by atoms with Crippen LogP contribution in [0, 0.1) is 0 Å². The maximum absolute atomic E-state index is 5.94. The number of nitrogens with zero attached hydrogens (tertiary/aromatic N) is 1. The summed E-state index contributed by atoms with van der Waals surface area (Å²) in [6.07, 6.45) is 2.97. The predicted octanol–water partition coefficient (Wildman–Crippen LogP) is 1.24. The van der Waals surface area contributed by atoms with Crippen molar-refractivity contribution in [3.05, 3.63) is 0 Å². The van der Waals surface area contributed by atoms with E-state index in [1.807, 2.05) is 0 Å². The van der Waals surface area contributed by atoms with Gasteiger partial charge in [-0.15, -0.1) is 0 Å². The molecule has 0 amide bonds. The Kier molecular flexibility index (Phi) is 3.33. The number of rotatable bonds is 1. The maximum atomic E-state index is 5.94. The number of piperidine rings is 1. The molecule has 0 bridgehead atoms. The van der Waals surface area contributed by atoms with Crippen LogP contribution in [0.2, 0.25) is 0 Å². The summed E-state index contributed by atoms with van der Waals surface area (Å²) in [5.74, 6) is 0. The molecule has 2 fully saturated rings. The third-order valence-corrected chi connectivity index (χ3v) is 3.42. The van der Waals surface area contributed by atoms with Crippen molar-refractivity contribution in [1.29, 1.82) is 0 Å². The number of hydrogen-bond donors (Lipinski definition) is 1. The molecule has 0 aromatic heterocycles. The highest BCUT2D eigenvalue weighted by Gasteiger charge is 2.34. The minimum atomic E-state index is 0.0303. The van der Waals surface area contributed by atoms with Gasteiger partial charge in [0.15, 0.2) is 0 Å². The molecule has 2 rings (SSSR count). The normalized spacial score (nSPS) is 34.2. The molecule has 2 heterocycles. The Morgan fingerprint density at radius 3 is 2.53 bits per heavy atom. The zero-order valence-electron chi connectivity index (χ0n) is 10.3. The minimum absolute atomic E-state index is 0.0303. The second-order valence-corrected chi connectivity index (χ2v) is 5.60. The number of hydrogen-bond acceptors (Lipinski definition) is 3. The van der Waals surface area contributed by atoms with Gasteiger partial charge in [0.2, 0.25) is 0 Å². The lowest BCUT2D eigenvalue weighted by Gasteiger charge is -2.46. The fourth-order valence-electron chi connectivity index (χ4n) is 2.95. The molecule has 0 radical (unpaired) electrons. The summed E-state index contributed by atoms with van der Waals surface area (Å²) >= 11 is 0. The van der Waals surface area contributed by atoms with Crippen molar-refractivity contribution in [3.63, 3.8) is 0 Å². The van der Waals surface area contributed by atoms with Crippen LogP contribution in [-0.2, 0) is 4.74 Å². The number of morpholine rings is 1. The Labute approximate surface area is 93.2 Å². The molecule has 2 saturated heterocycles. The Morgan fingerprint density at radius 2 is 1.93 bits per heavy atom. The Bertz CT molecular complexity index is 212. The summed E-state index contributed by atoms with van der Waals surface area (Å²) in [5.41, 5.74) is 0.0303. The van der Waals surface area contributed by atoms with E-state index in [1.54, 1.807) is 0 Å². The van der Waals surface area contributed by atoms with Crippen LogP contribution in [0.4, 0.5) is 0 Å². The second-order valence-electron chi connectivity index (χ2n) is 5.60. The molecule has 0 aromatic rings. The SMILES string of the molecule is CC1CN(C2CCNCC2)CC(C)(C)O1. The minimum Gasteiger partial charge on any atom is -0.370 e. The third-order valence-electron chi connectivity index (χ3n) is 3.42. The van der Waals surface area contributed by atoms with Crippen molar-refractivity contribution < 1.29 is 4.74 Å². The Hall–Kier alpha value is -0.120. The molecular weight excluding hydrogens is 188 g/mol. The van der Waals surface area contributed by atoms with Gasteiger partial charge in [0.05, 0.1) is 11.7 Å². The van der Waals surface area contributed by atoms with E-state index >= 15 is 0 Å². The zero-order chi connectivity index (χ0) is 10.9. The van der Waals surface area contributed by atoms with Crippen molar-refractivity contribution >= 4 is 0 Å². The molecule has 0 spiro atoms. The first-order chi connectivity index (χ1) is 7.07. The highest BCUT2D eigenvalue weighted by Crippen LogP contribution is 2.24. The molecular formula is C12H24N2O. The van der Waals surface area contributed by atoms with Crippen LogP contribution in [0.5, 0.6) is 0 Å². The summed E-state index contributed by atoms with van der Waals surface area (Å²) in [5, 5.41) is 3.43. The van der Waals surface area contributed by atoms with E-state index < -0.39 is 0 Å². The first kappa shape index (κ1) is 11.4. The largest absolute Gasteiger partial charge is 0.370 e. The molecule has 3 nitrogen and oxygen atoms in total. The number of ether oxygens (including phenoxy) is 1. The lowest BCUT2D eigenvalue weighted by molar-refractivity contribution is -0.139. The molecule has 1 N–H and O–H groups in total. The van der Waals surface area contributed by atoms with Crippen molar-refractivity contribution in [2.45, 2.75) is 51.4 Å². The summed E-state index contributed by atoms with van der Waals surface area (Å²) in [6.45, 7) is 11.1. The highest BCUT2D eigenvalue weighted by atomic mass is 16.5. The molecule has 3 heteroatoms. The fourth-order valence-corrected chi connectivity index (χ4v) is 2.95. The molecule has 2 aliphatic rings. The van der Waals surface area contributed by atoms with Gasteiger partial charge in [0.25, 0.3) is 0 Å². The van der Waals surface area contributed by atoms with E-state index in [9.17, 15) is 0 Å². The smallest absolute Gasteiger partial charge is 0.0757 e. The third kappa shape index (κ3) is 2.92. The standard InChI is InChI=1S/C12H24N2O/c1-10-8-14(9-12(2,3)15-10)11-4-6-13-7-5-11/h10-11,13H,4-9H2,1-3H3. The van der Waals surface area contributed by atoms with Gasteiger partial charge in [-0.05, 0) is 46.7 Å². The van der Waals surface area contributed by atoms with Crippen LogP contribution in [-0.4, -0.2) is 48.8 Å². The first-order valence-electron chi connectivity index (χ1n) is 6.19. The van der Waals surface area contributed by atoms with E-state index in [1.165, 1.54) is 25.9 Å². The average Bonchev–Trinajstić information content (AvgIpc) is 2.16. The molecule has 1 atom stereocenters. The van der Waals surface area contributed by atoms with Gasteiger partial charge < -0.3 is 10.1 Å². The Balaban J connectivity index is 1.95. The number of nitrogens with one attached hydrogen (secondary N) is 1. The van der Waals surface area contributed by atoms with E-state index in [4.69, 9.17) is 4.74 Å². The molecule has 2 aliphatic heterocycles. The lowest BCUT2D eigenvalue weighted by atomic mass is 9.99. The van der Waals surface area contributed by atoms with E-state index in [0.29, 0.717) is 6.10 Å². The summed E-state index contributed by atoms with van der Waals surface area (Å²) in [6, 6.07) is 0.775. The van der Waals surface area contributed by atoms with Crippen molar-refractivity contribution in [3.8, 4) is 0 Å². The second kappa shape index (κ2) is 4.40. The van der Waals surface area contributed by atoms with E-state index in [0.717, 1.165) is 19.1 Å². The van der Waals surface area contributed by atoms with E-state index in [-0.39, 0.29) is 5.60 Å². The molecule has 15 heavy (non-hydrogen) atoms. The van der Waals surface area contributed by atoms with Gasteiger partial charge in [-0.2, -0.15) is 0 Å². The van der Waals surface area contributed by atoms with Crippen molar-refractivity contribution in [2.24, 2.45) is 0 Å². The summed E-state index contributed by atoms with van der Waals surface area (Å²) in [7, 11) is 0. The van der Waals surface area contributed by atoms with E-state index in [2.05, 4.69) is 31.0 Å². The van der Waals surface area contributed by atoms with Gasteiger partial charge in [0.1, 0.15) is 0 Å². The monoisotopic (exact) mass is 212 g/mol. The van der Waals surface area contributed by atoms with Gasteiger partial charge in [0, 0.05) is 19.1 Å². The quantitative estimate of drug-likeness (QED) is 0.708. The molecule has 0 aliphatic carbocycles. The highest BCUT2D eigenvalue weighted by molar-refractivity contribution is 4.88. The Morgan fingerprint density at radius 1 is 1.27 bits per heavy atom. The van der Waals surface area contributed by atoms with Gasteiger partial charge in [-0.25, -0.2) is 0 Å². The van der Waals surface area contributed by atoms with Gasteiger partial charge in [-0.1, -0.05) is 0 Å². The fraction of sp³-hybridized carbons (Fsp3) is 1.00. The van der Waals surface area contributed by atoms with Crippen LogP contribution in [0.15, 0.2) is 0 Å². The molecule has 88 valence electrons. The lowest BCUT2D eigenvalue weighted by Crippen LogP contribution is -2.56. The molecule has 1 unspecified atom stereocenters. The van der Waals surface area contributed by atoms with Crippen LogP contribution in [0.1, 0.15) is 33.6 Å². The van der Waals surface area contributed by atoms with Crippen LogP contribution < -0.4 is 5.32 Å². The first-order valence-corrected chi connectivity index (χ1v) is 6.19. The topological polar surface area (TPSA) is 24.5 Å². The molecule has 0 saturated carbocycles. The van der Waals surface area contributed by atoms with Crippen LogP contribution in [0.3, 0.4) is 0 Å². The average molecular weight is 212 g/mol. The van der Waals surface area contributed by atoms with Crippen LogP contribution in [0.25, 0.3) is 0 Å². The van der Waals surface area contributed by atoms with Gasteiger partial charge in [-0.3, -0.25) is 4.90 Å². The summed E-state index contributed by atoms with van der Waals surface area (Å²) < 4.78 is 5.94. The van der Waals surface area contributed by atoms with Gasteiger partial charge >= 0.3 is 0 Å². The van der Waals surface area contributed by atoms with Crippen molar-refractivity contribution in [2.75, 3.05) is 26.2 Å². The predicted molar refractivity (Wildman–Crippen MR) is 62.1 cm³/mol. The zero-order valence-corrected chi connectivity index (χ0v) is 10.3. The van der Waals surface area contributed by atoms with Crippen LogP contribution >= 0.6 is 0 Å². The molecule has 0 aromatic carbocycles.